The predicted molar refractivity (Wildman–Crippen MR) is 115 cm³/mol. The second-order valence-corrected chi connectivity index (χ2v) is 9.02. The standard InChI is InChI=1S/C18H35N7O10/c19-2-6-10(27)12(29)13(30)18(32-6)35-16-5(21)1-4(20)15(14(16)31)34-17-11(28)8(22)9(26)7(33-17)3-24-25-23/h4-18,26-31H,1-3,19-22H2/t4-,5?,6?,7?,8?,9-,10-,11-,12+,13?,14?,15-,16-,17-,18-/m1/s1. The fourth-order valence-electron chi connectivity index (χ4n) is 4.52. The third-order valence-electron chi connectivity index (χ3n) is 6.63. The summed E-state index contributed by atoms with van der Waals surface area (Å²) in [6.07, 6.45) is -16.6. The molecule has 2 saturated heterocycles. The number of aliphatic hydroxyl groups is 6. The minimum absolute atomic E-state index is 0.0698. The Balaban J connectivity index is 1.73. The molecule has 1 saturated carbocycles. The number of aliphatic hydroxyl groups excluding tert-OH is 6. The predicted octanol–water partition coefficient (Wildman–Crippen LogP) is -5.97. The van der Waals surface area contributed by atoms with E-state index in [1.54, 1.807) is 0 Å². The van der Waals surface area contributed by atoms with Crippen molar-refractivity contribution in [1.82, 2.24) is 0 Å². The van der Waals surface area contributed by atoms with Crippen molar-refractivity contribution >= 4 is 0 Å². The first kappa shape index (κ1) is 28.3. The van der Waals surface area contributed by atoms with E-state index >= 15 is 0 Å². The van der Waals surface area contributed by atoms with Crippen LogP contribution in [0.25, 0.3) is 10.4 Å². The normalized spacial score (nSPS) is 51.0. The lowest BCUT2D eigenvalue weighted by Crippen LogP contribution is -2.68. The van der Waals surface area contributed by atoms with Crippen molar-refractivity contribution in [3.05, 3.63) is 10.4 Å². The molecular weight excluding hydrogens is 474 g/mol. The number of hydrogen-bond donors (Lipinski definition) is 10. The largest absolute Gasteiger partial charge is 0.389 e. The van der Waals surface area contributed by atoms with Crippen LogP contribution in [0.4, 0.5) is 0 Å². The SMILES string of the molecule is [N-]=[N+]=NCC1O[C@H](O[C@H]2C(O)[C@H](O[C@H]3OC(CN)[C@@H](O)[C@H](O)C3O)C(N)C[C@H]2N)[C@H](O)C(N)[C@@H]1O. The Morgan fingerprint density at radius 2 is 1.31 bits per heavy atom. The highest BCUT2D eigenvalue weighted by Crippen LogP contribution is 2.31. The number of nitrogens with two attached hydrogens (primary N) is 4. The molecule has 0 bridgehead atoms. The summed E-state index contributed by atoms with van der Waals surface area (Å²) in [7, 11) is 0. The van der Waals surface area contributed by atoms with Gasteiger partial charge in [0.2, 0.25) is 0 Å². The molecule has 17 nitrogen and oxygen atoms in total. The fourth-order valence-corrected chi connectivity index (χ4v) is 4.52. The molecule has 0 spiro atoms. The van der Waals surface area contributed by atoms with Gasteiger partial charge in [0.1, 0.15) is 48.8 Å². The summed E-state index contributed by atoms with van der Waals surface area (Å²) < 4.78 is 22.4. The maximum absolute atomic E-state index is 11.0. The molecule has 0 aromatic carbocycles. The highest BCUT2D eigenvalue weighted by Gasteiger charge is 2.51. The zero-order valence-corrected chi connectivity index (χ0v) is 18.7. The van der Waals surface area contributed by atoms with Gasteiger partial charge in [-0.05, 0) is 12.0 Å². The third-order valence-corrected chi connectivity index (χ3v) is 6.63. The van der Waals surface area contributed by atoms with E-state index in [2.05, 4.69) is 10.0 Å². The summed E-state index contributed by atoms with van der Waals surface area (Å²) in [5.41, 5.74) is 32.2. The van der Waals surface area contributed by atoms with Crippen molar-refractivity contribution in [3.8, 4) is 0 Å². The first-order valence-corrected chi connectivity index (χ1v) is 11.2. The van der Waals surface area contributed by atoms with Crippen LogP contribution < -0.4 is 22.9 Å². The number of nitrogens with zero attached hydrogens (tertiary/aromatic N) is 3. The van der Waals surface area contributed by atoms with Gasteiger partial charge in [-0.15, -0.1) is 0 Å². The Morgan fingerprint density at radius 1 is 0.771 bits per heavy atom. The van der Waals surface area contributed by atoms with E-state index in [0.717, 1.165) is 0 Å². The molecule has 0 radical (unpaired) electrons. The van der Waals surface area contributed by atoms with Gasteiger partial charge in [0.15, 0.2) is 12.6 Å². The molecule has 35 heavy (non-hydrogen) atoms. The van der Waals surface area contributed by atoms with E-state index in [1.807, 2.05) is 0 Å². The van der Waals surface area contributed by atoms with Crippen molar-refractivity contribution in [2.45, 2.75) is 98.2 Å². The number of azide groups is 1. The molecule has 0 aromatic heterocycles. The third kappa shape index (κ3) is 5.85. The van der Waals surface area contributed by atoms with Gasteiger partial charge in [-0.3, -0.25) is 0 Å². The van der Waals surface area contributed by atoms with Crippen molar-refractivity contribution in [1.29, 1.82) is 0 Å². The molecule has 3 fully saturated rings. The van der Waals surface area contributed by atoms with Gasteiger partial charge in [-0.1, -0.05) is 5.11 Å². The van der Waals surface area contributed by atoms with E-state index in [9.17, 15) is 30.6 Å². The smallest absolute Gasteiger partial charge is 0.187 e. The van der Waals surface area contributed by atoms with Crippen LogP contribution in [-0.4, -0.2) is 135 Å². The molecule has 202 valence electrons. The molecule has 2 heterocycles. The van der Waals surface area contributed by atoms with Gasteiger partial charge < -0.3 is 72.5 Å². The van der Waals surface area contributed by atoms with Crippen LogP contribution in [0.1, 0.15) is 6.42 Å². The Bertz CT molecular complexity index is 748. The zero-order chi connectivity index (χ0) is 26.0. The first-order chi connectivity index (χ1) is 16.5. The molecular formula is C18H35N7O10. The summed E-state index contributed by atoms with van der Waals surface area (Å²) in [4.78, 5) is 2.60. The average Bonchev–Trinajstić information content (AvgIpc) is 2.83. The topological polar surface area (TPSA) is 311 Å². The lowest BCUT2D eigenvalue weighted by molar-refractivity contribution is -0.330. The van der Waals surface area contributed by atoms with Gasteiger partial charge >= 0.3 is 0 Å². The second kappa shape index (κ2) is 11.9. The lowest BCUT2D eigenvalue weighted by atomic mass is 9.84. The van der Waals surface area contributed by atoms with Crippen LogP contribution in [0.3, 0.4) is 0 Å². The Morgan fingerprint density at radius 3 is 1.86 bits per heavy atom. The summed E-state index contributed by atoms with van der Waals surface area (Å²) in [5, 5.41) is 65.3. The van der Waals surface area contributed by atoms with Crippen LogP contribution in [0.15, 0.2) is 5.11 Å². The summed E-state index contributed by atoms with van der Waals surface area (Å²) in [6.45, 7) is -0.470. The molecule has 2 aliphatic heterocycles. The maximum Gasteiger partial charge on any atom is 0.187 e. The van der Waals surface area contributed by atoms with Crippen molar-refractivity contribution < 1.29 is 49.6 Å². The van der Waals surface area contributed by atoms with Gasteiger partial charge in [0, 0.05) is 23.5 Å². The molecule has 6 unspecified atom stereocenters. The Hall–Kier alpha value is -1.25. The van der Waals surface area contributed by atoms with Crippen molar-refractivity contribution in [2.75, 3.05) is 13.1 Å². The van der Waals surface area contributed by atoms with Crippen LogP contribution in [0.2, 0.25) is 0 Å². The molecule has 17 heteroatoms. The van der Waals surface area contributed by atoms with Crippen LogP contribution in [-0.2, 0) is 18.9 Å². The Kier molecular flexibility index (Phi) is 9.60. The molecule has 0 aromatic rings. The Labute approximate surface area is 200 Å². The zero-order valence-electron chi connectivity index (χ0n) is 18.7. The van der Waals surface area contributed by atoms with Crippen LogP contribution in [0, 0.1) is 0 Å². The van der Waals surface area contributed by atoms with Gasteiger partial charge in [-0.2, -0.15) is 0 Å². The monoisotopic (exact) mass is 509 g/mol. The highest BCUT2D eigenvalue weighted by molar-refractivity contribution is 5.01. The van der Waals surface area contributed by atoms with E-state index in [1.165, 1.54) is 0 Å². The van der Waals surface area contributed by atoms with Gasteiger partial charge in [-0.25, -0.2) is 0 Å². The van der Waals surface area contributed by atoms with Crippen molar-refractivity contribution in [3.63, 3.8) is 0 Å². The fraction of sp³-hybridized carbons (Fsp3) is 1.00. The first-order valence-electron chi connectivity index (χ1n) is 11.2. The highest BCUT2D eigenvalue weighted by atomic mass is 16.7. The molecule has 14 N–H and O–H groups in total. The van der Waals surface area contributed by atoms with E-state index < -0.39 is 91.7 Å². The maximum atomic E-state index is 11.0. The van der Waals surface area contributed by atoms with Gasteiger partial charge in [0.25, 0.3) is 0 Å². The quantitative estimate of drug-likeness (QED) is 0.0867. The van der Waals surface area contributed by atoms with Crippen LogP contribution >= 0.6 is 0 Å². The molecule has 3 rings (SSSR count). The molecule has 3 aliphatic rings. The average molecular weight is 510 g/mol. The summed E-state index contributed by atoms with van der Waals surface area (Å²) >= 11 is 0. The number of rotatable bonds is 7. The van der Waals surface area contributed by atoms with Crippen molar-refractivity contribution in [2.24, 2.45) is 28.0 Å². The van der Waals surface area contributed by atoms with E-state index in [0.29, 0.717) is 0 Å². The van der Waals surface area contributed by atoms with Gasteiger partial charge in [0.05, 0.1) is 24.8 Å². The number of ether oxygens (including phenoxy) is 4. The van der Waals surface area contributed by atoms with E-state index in [-0.39, 0.29) is 19.5 Å². The number of hydrogen-bond acceptors (Lipinski definition) is 15. The minimum Gasteiger partial charge on any atom is -0.389 e. The summed E-state index contributed by atoms with van der Waals surface area (Å²) in [6, 6.07) is -2.92. The summed E-state index contributed by atoms with van der Waals surface area (Å²) in [5.74, 6) is 0. The lowest BCUT2D eigenvalue weighted by Gasteiger charge is -2.48. The molecule has 15 atom stereocenters. The second-order valence-electron chi connectivity index (χ2n) is 9.02. The minimum atomic E-state index is -1.67. The molecule has 0 amide bonds. The molecule has 1 aliphatic carbocycles. The van der Waals surface area contributed by atoms with E-state index in [4.69, 9.17) is 47.4 Å². The van der Waals surface area contributed by atoms with Crippen LogP contribution in [0.5, 0.6) is 0 Å².